The third-order valence-electron chi connectivity index (χ3n) is 5.07. The highest BCUT2D eigenvalue weighted by Crippen LogP contribution is 2.37. The molecule has 4 nitrogen and oxygen atoms in total. The molecular formula is C22H28F3NO3. The van der Waals surface area contributed by atoms with Gasteiger partial charge in [0.2, 0.25) is 0 Å². The Labute approximate surface area is 169 Å². The fourth-order valence-electron chi connectivity index (χ4n) is 2.98. The van der Waals surface area contributed by atoms with Gasteiger partial charge in [0.25, 0.3) is 0 Å². The van der Waals surface area contributed by atoms with E-state index in [0.29, 0.717) is 12.0 Å². The summed E-state index contributed by atoms with van der Waals surface area (Å²) in [5.41, 5.74) is 5.26. The maximum absolute atomic E-state index is 13.5. The predicted octanol–water partition coefficient (Wildman–Crippen LogP) is 3.89. The van der Waals surface area contributed by atoms with Crippen LogP contribution in [0.2, 0.25) is 0 Å². The van der Waals surface area contributed by atoms with Crippen LogP contribution < -0.4 is 10.5 Å². The second-order valence-electron chi connectivity index (χ2n) is 7.46. The summed E-state index contributed by atoms with van der Waals surface area (Å²) in [5.74, 6) is -0.0377. The van der Waals surface area contributed by atoms with E-state index in [4.69, 9.17) is 10.5 Å². The first-order valence-corrected chi connectivity index (χ1v) is 9.57. The van der Waals surface area contributed by atoms with E-state index in [2.05, 4.69) is 0 Å². The van der Waals surface area contributed by atoms with Crippen molar-refractivity contribution >= 4 is 0 Å². The van der Waals surface area contributed by atoms with Gasteiger partial charge in [0.05, 0.1) is 30.9 Å². The largest absolute Gasteiger partial charge is 0.493 e. The van der Waals surface area contributed by atoms with Crippen molar-refractivity contribution in [3.63, 3.8) is 0 Å². The topological polar surface area (TPSA) is 75.7 Å². The number of benzene rings is 2. The Morgan fingerprint density at radius 3 is 2.28 bits per heavy atom. The molecule has 0 bridgehead atoms. The van der Waals surface area contributed by atoms with Crippen LogP contribution in [-0.4, -0.2) is 35.6 Å². The van der Waals surface area contributed by atoms with E-state index in [9.17, 15) is 23.4 Å². The molecule has 29 heavy (non-hydrogen) atoms. The molecule has 0 aliphatic carbocycles. The Bertz CT molecular complexity index is 762. The Kier molecular flexibility index (Phi) is 8.07. The molecule has 0 aromatic heterocycles. The first kappa shape index (κ1) is 23.2. The first-order valence-electron chi connectivity index (χ1n) is 9.57. The number of aryl methyl sites for hydroxylation is 1. The molecule has 0 aliphatic rings. The number of hydrogen-bond acceptors (Lipinski definition) is 4. The van der Waals surface area contributed by atoms with Crippen molar-refractivity contribution in [2.45, 2.75) is 43.8 Å². The lowest BCUT2D eigenvalue weighted by Gasteiger charge is -2.24. The summed E-state index contributed by atoms with van der Waals surface area (Å²) in [7, 11) is 0. The van der Waals surface area contributed by atoms with E-state index >= 15 is 0 Å². The molecular weight excluding hydrogens is 383 g/mol. The predicted molar refractivity (Wildman–Crippen MR) is 106 cm³/mol. The molecule has 2 aromatic rings. The summed E-state index contributed by atoms with van der Waals surface area (Å²) >= 11 is 0. The lowest BCUT2D eigenvalue weighted by Crippen LogP contribution is -2.47. The first-order chi connectivity index (χ1) is 13.7. The van der Waals surface area contributed by atoms with Crippen LogP contribution in [0.1, 0.15) is 42.4 Å². The van der Waals surface area contributed by atoms with Gasteiger partial charge in [-0.3, -0.25) is 0 Å². The van der Waals surface area contributed by atoms with Gasteiger partial charge in [-0.1, -0.05) is 43.3 Å². The molecule has 1 unspecified atom stereocenters. The smallest absolute Gasteiger partial charge is 0.419 e. The van der Waals surface area contributed by atoms with Crippen molar-refractivity contribution in [3.8, 4) is 5.75 Å². The van der Waals surface area contributed by atoms with Crippen LogP contribution in [0.15, 0.2) is 48.5 Å². The second kappa shape index (κ2) is 10.1. The van der Waals surface area contributed by atoms with Gasteiger partial charge in [-0.2, -0.15) is 13.2 Å². The normalized spacial score (nSPS) is 13.3. The Hall–Kier alpha value is -2.09. The highest BCUT2D eigenvalue weighted by atomic mass is 19.4. The molecule has 0 spiro atoms. The Morgan fingerprint density at radius 2 is 1.69 bits per heavy atom. The standard InChI is InChI=1S/C22H28F3NO3/c1-16(18-5-3-2-4-6-18)10-12-29-20-8-7-17(13-19(20)22(23,24)25)9-11-21(26,14-27)15-28/h2-8,13,16,27-28H,9-12,14-15,26H2,1H3. The lowest BCUT2D eigenvalue weighted by molar-refractivity contribution is -0.139. The summed E-state index contributed by atoms with van der Waals surface area (Å²) in [5, 5.41) is 18.5. The van der Waals surface area contributed by atoms with Crippen LogP contribution in [0.5, 0.6) is 5.75 Å². The molecule has 160 valence electrons. The van der Waals surface area contributed by atoms with Crippen molar-refractivity contribution in [1.82, 2.24) is 0 Å². The van der Waals surface area contributed by atoms with Gasteiger partial charge >= 0.3 is 6.18 Å². The molecule has 0 aliphatic heterocycles. The monoisotopic (exact) mass is 411 g/mol. The molecule has 0 fully saturated rings. The van der Waals surface area contributed by atoms with E-state index in [1.807, 2.05) is 37.3 Å². The highest BCUT2D eigenvalue weighted by Gasteiger charge is 2.35. The van der Waals surface area contributed by atoms with Crippen LogP contribution in [-0.2, 0) is 12.6 Å². The minimum absolute atomic E-state index is 0.159. The average Bonchev–Trinajstić information content (AvgIpc) is 2.72. The number of aliphatic hydroxyl groups is 2. The van der Waals surface area contributed by atoms with E-state index < -0.39 is 30.5 Å². The van der Waals surface area contributed by atoms with Gasteiger partial charge < -0.3 is 20.7 Å². The number of nitrogens with two attached hydrogens (primary N) is 1. The summed E-state index contributed by atoms with van der Waals surface area (Å²) < 4.78 is 46.0. The van der Waals surface area contributed by atoms with Crippen LogP contribution in [0, 0.1) is 0 Å². The van der Waals surface area contributed by atoms with Crippen molar-refractivity contribution in [3.05, 3.63) is 65.2 Å². The summed E-state index contributed by atoms with van der Waals surface area (Å²) in [6, 6.07) is 13.7. The number of halogens is 3. The Morgan fingerprint density at radius 1 is 1.03 bits per heavy atom. The summed E-state index contributed by atoms with van der Waals surface area (Å²) in [4.78, 5) is 0. The zero-order valence-corrected chi connectivity index (χ0v) is 16.5. The van der Waals surface area contributed by atoms with Crippen LogP contribution in [0.25, 0.3) is 0 Å². The van der Waals surface area contributed by atoms with Crippen molar-refractivity contribution in [2.24, 2.45) is 5.73 Å². The number of hydrogen-bond donors (Lipinski definition) is 3. The zero-order valence-electron chi connectivity index (χ0n) is 16.5. The van der Waals surface area contributed by atoms with E-state index in [-0.39, 0.29) is 31.1 Å². The molecule has 2 aromatic carbocycles. The minimum Gasteiger partial charge on any atom is -0.493 e. The lowest BCUT2D eigenvalue weighted by atomic mass is 9.93. The fourth-order valence-corrected chi connectivity index (χ4v) is 2.98. The van der Waals surface area contributed by atoms with Gasteiger partial charge in [-0.05, 0) is 48.4 Å². The Balaban J connectivity index is 2.05. The van der Waals surface area contributed by atoms with Crippen LogP contribution in [0.4, 0.5) is 13.2 Å². The summed E-state index contributed by atoms with van der Waals surface area (Å²) in [6.07, 6.45) is -3.60. The SMILES string of the molecule is CC(CCOc1ccc(CCC(N)(CO)CO)cc1C(F)(F)F)c1ccccc1. The molecule has 7 heteroatoms. The van der Waals surface area contributed by atoms with Crippen molar-refractivity contribution in [2.75, 3.05) is 19.8 Å². The molecule has 1 atom stereocenters. The van der Waals surface area contributed by atoms with Gasteiger partial charge in [0, 0.05) is 0 Å². The number of rotatable bonds is 10. The molecule has 0 saturated heterocycles. The maximum Gasteiger partial charge on any atom is 0.419 e. The minimum atomic E-state index is -4.55. The van der Waals surface area contributed by atoms with Gasteiger partial charge in [-0.25, -0.2) is 0 Å². The second-order valence-corrected chi connectivity index (χ2v) is 7.46. The van der Waals surface area contributed by atoms with Crippen LogP contribution in [0.3, 0.4) is 0 Å². The molecule has 4 N–H and O–H groups in total. The van der Waals surface area contributed by atoms with E-state index in [1.54, 1.807) is 6.07 Å². The molecule has 0 radical (unpaired) electrons. The number of aliphatic hydroxyl groups excluding tert-OH is 2. The van der Waals surface area contributed by atoms with Crippen molar-refractivity contribution in [1.29, 1.82) is 0 Å². The zero-order chi connectivity index (χ0) is 21.5. The third-order valence-corrected chi connectivity index (χ3v) is 5.07. The molecule has 0 amide bonds. The fraction of sp³-hybridized carbons (Fsp3) is 0.455. The number of ether oxygens (including phenoxy) is 1. The number of alkyl halides is 3. The molecule has 0 saturated carbocycles. The van der Waals surface area contributed by atoms with Crippen molar-refractivity contribution < 1.29 is 28.1 Å². The van der Waals surface area contributed by atoms with Gasteiger partial charge in [0.1, 0.15) is 5.75 Å². The van der Waals surface area contributed by atoms with Gasteiger partial charge in [0.15, 0.2) is 0 Å². The maximum atomic E-state index is 13.5. The quantitative estimate of drug-likeness (QED) is 0.554. The average molecular weight is 411 g/mol. The van der Waals surface area contributed by atoms with Gasteiger partial charge in [-0.15, -0.1) is 0 Å². The molecule has 0 heterocycles. The van der Waals surface area contributed by atoms with E-state index in [1.165, 1.54) is 6.07 Å². The third kappa shape index (κ3) is 6.73. The highest BCUT2D eigenvalue weighted by molar-refractivity contribution is 5.39. The van der Waals surface area contributed by atoms with Crippen LogP contribution >= 0.6 is 0 Å². The molecule has 2 rings (SSSR count). The summed E-state index contributed by atoms with van der Waals surface area (Å²) in [6.45, 7) is 1.28. The van der Waals surface area contributed by atoms with E-state index in [0.717, 1.165) is 11.6 Å².